The highest BCUT2D eigenvalue weighted by Crippen LogP contribution is 2.32. The molecule has 0 aliphatic carbocycles. The van der Waals surface area contributed by atoms with Crippen molar-refractivity contribution < 1.29 is 4.79 Å². The molecule has 1 fully saturated rings. The number of likely N-dealkylation sites (tertiary alicyclic amines) is 1. The molecule has 1 saturated heterocycles. The molecule has 5 heterocycles. The number of nitrogens with zero attached hydrogens (tertiary/aromatic N) is 3. The number of anilines is 1. The molecular weight excluding hydrogens is 406 g/mol. The van der Waals surface area contributed by atoms with Crippen molar-refractivity contribution in [3.05, 3.63) is 76.0 Å². The van der Waals surface area contributed by atoms with Crippen LogP contribution >= 0.6 is 11.3 Å². The highest BCUT2D eigenvalue weighted by atomic mass is 32.1. The summed E-state index contributed by atoms with van der Waals surface area (Å²) >= 11 is 1.50. The van der Waals surface area contributed by atoms with Gasteiger partial charge in [-0.1, -0.05) is 18.2 Å². The van der Waals surface area contributed by atoms with Crippen molar-refractivity contribution in [3.63, 3.8) is 0 Å². The van der Waals surface area contributed by atoms with Crippen molar-refractivity contribution >= 4 is 46.1 Å². The Kier molecular flexibility index (Phi) is 5.26. The maximum absolute atomic E-state index is 13.0. The summed E-state index contributed by atoms with van der Waals surface area (Å²) in [5.74, 6) is 1.07. The minimum atomic E-state index is 0.120. The minimum absolute atomic E-state index is 0.120. The second-order valence-corrected chi connectivity index (χ2v) is 8.72. The first kappa shape index (κ1) is 19.5. The summed E-state index contributed by atoms with van der Waals surface area (Å²) in [6.45, 7) is 1.51. The number of fused-ring (bicyclic) bond motifs is 1. The number of pyridine rings is 2. The van der Waals surface area contributed by atoms with Crippen molar-refractivity contribution in [2.45, 2.75) is 18.8 Å². The number of nitrogens with one attached hydrogen (secondary N) is 1. The number of nitrogen functional groups attached to an aromatic ring is 1. The van der Waals surface area contributed by atoms with Crippen molar-refractivity contribution in [1.29, 1.82) is 0 Å². The molecule has 1 aliphatic rings. The largest absolute Gasteiger partial charge is 0.383 e. The topological polar surface area (TPSA) is 87.9 Å². The third kappa shape index (κ3) is 4.09. The summed E-state index contributed by atoms with van der Waals surface area (Å²) < 4.78 is 0. The summed E-state index contributed by atoms with van der Waals surface area (Å²) in [5.41, 5.74) is 10.3. The van der Waals surface area contributed by atoms with Crippen LogP contribution in [0, 0.1) is 0 Å². The monoisotopic (exact) mass is 429 g/mol. The first-order valence-corrected chi connectivity index (χ1v) is 11.2. The Morgan fingerprint density at radius 3 is 2.77 bits per heavy atom. The molecule has 0 saturated carbocycles. The number of piperidine rings is 1. The lowest BCUT2D eigenvalue weighted by Gasteiger charge is -2.31. The number of rotatable bonds is 4. The molecule has 1 amide bonds. The average molecular weight is 430 g/mol. The van der Waals surface area contributed by atoms with E-state index in [1.165, 1.54) is 17.0 Å². The predicted molar refractivity (Wildman–Crippen MR) is 126 cm³/mol. The summed E-state index contributed by atoms with van der Waals surface area (Å²) in [4.78, 5) is 27.5. The second-order valence-electron chi connectivity index (χ2n) is 7.81. The summed E-state index contributed by atoms with van der Waals surface area (Å²) in [6, 6.07) is 9.95. The van der Waals surface area contributed by atoms with Crippen LogP contribution in [-0.2, 0) is 0 Å². The number of nitrogens with two attached hydrogens (primary N) is 1. The SMILES string of the molecule is Nc1nccc2[nH]c(C3CCN(C(=O)c4cc(/C=C/c5cccnc5)cs4)CC3)cc12. The molecule has 31 heavy (non-hydrogen) atoms. The third-order valence-electron chi connectivity index (χ3n) is 5.80. The molecule has 0 spiro atoms. The Morgan fingerprint density at radius 1 is 1.16 bits per heavy atom. The van der Waals surface area contributed by atoms with Crippen molar-refractivity contribution in [2.24, 2.45) is 0 Å². The Bertz CT molecular complexity index is 1240. The Balaban J connectivity index is 1.22. The zero-order chi connectivity index (χ0) is 21.2. The number of aromatic amines is 1. The molecule has 0 atom stereocenters. The van der Waals surface area contributed by atoms with Gasteiger partial charge in [0.25, 0.3) is 5.91 Å². The van der Waals surface area contributed by atoms with Crippen LogP contribution in [-0.4, -0.2) is 38.8 Å². The molecule has 156 valence electrons. The number of carbonyl (C=O) groups excluding carboxylic acids is 1. The van der Waals surface area contributed by atoms with Gasteiger partial charge < -0.3 is 15.6 Å². The van der Waals surface area contributed by atoms with Gasteiger partial charge in [-0.25, -0.2) is 4.98 Å². The van der Waals surface area contributed by atoms with E-state index in [9.17, 15) is 4.79 Å². The lowest BCUT2D eigenvalue weighted by Crippen LogP contribution is -2.37. The second kappa shape index (κ2) is 8.35. The van der Waals surface area contributed by atoms with E-state index in [0.29, 0.717) is 11.7 Å². The van der Waals surface area contributed by atoms with E-state index in [-0.39, 0.29) is 5.91 Å². The van der Waals surface area contributed by atoms with E-state index in [2.05, 4.69) is 21.0 Å². The summed E-state index contributed by atoms with van der Waals surface area (Å²) in [5, 5.41) is 3.00. The first-order chi connectivity index (χ1) is 15.2. The van der Waals surface area contributed by atoms with Crippen LogP contribution < -0.4 is 5.73 Å². The lowest BCUT2D eigenvalue weighted by atomic mass is 9.93. The molecule has 1 aliphatic heterocycles. The average Bonchev–Trinajstić information content (AvgIpc) is 3.46. The molecule has 6 nitrogen and oxygen atoms in total. The van der Waals surface area contributed by atoms with Gasteiger partial charge >= 0.3 is 0 Å². The van der Waals surface area contributed by atoms with Crippen LogP contribution in [0.25, 0.3) is 23.1 Å². The standard InChI is InChI=1S/C24H23N5OS/c25-23-19-13-21(28-20(19)5-9-27-23)18-6-10-29(11-7-18)24(30)22-12-17(15-31-22)4-3-16-2-1-8-26-14-16/h1-5,8-9,12-15,18,28H,6-7,10-11H2,(H2,25,27)/b4-3+. The zero-order valence-electron chi connectivity index (χ0n) is 17.0. The highest BCUT2D eigenvalue weighted by molar-refractivity contribution is 7.12. The molecule has 0 aromatic carbocycles. The first-order valence-electron chi connectivity index (χ1n) is 10.4. The smallest absolute Gasteiger partial charge is 0.263 e. The summed E-state index contributed by atoms with van der Waals surface area (Å²) in [7, 11) is 0. The Labute approximate surface area is 184 Å². The molecule has 0 bridgehead atoms. The van der Waals surface area contributed by atoms with Gasteiger partial charge in [-0.3, -0.25) is 9.78 Å². The molecular formula is C24H23N5OS. The fourth-order valence-corrected chi connectivity index (χ4v) is 4.93. The zero-order valence-corrected chi connectivity index (χ0v) is 17.8. The van der Waals surface area contributed by atoms with E-state index in [1.807, 2.05) is 52.9 Å². The van der Waals surface area contributed by atoms with Crippen LogP contribution in [0.2, 0.25) is 0 Å². The molecule has 0 unspecified atom stereocenters. The van der Waals surface area contributed by atoms with Gasteiger partial charge in [0.2, 0.25) is 0 Å². The normalized spacial score (nSPS) is 15.2. The van der Waals surface area contributed by atoms with Gasteiger partial charge in [0.1, 0.15) is 5.82 Å². The molecule has 4 aromatic rings. The van der Waals surface area contributed by atoms with Crippen molar-refractivity contribution in [3.8, 4) is 0 Å². The summed E-state index contributed by atoms with van der Waals surface area (Å²) in [6.07, 6.45) is 11.2. The predicted octanol–water partition coefficient (Wildman–Crippen LogP) is 4.79. The number of thiophene rings is 1. The quantitative estimate of drug-likeness (QED) is 0.488. The van der Waals surface area contributed by atoms with Gasteiger partial charge in [0.05, 0.1) is 10.4 Å². The van der Waals surface area contributed by atoms with Crippen LogP contribution in [0.3, 0.4) is 0 Å². The number of H-pyrrole nitrogens is 1. The number of hydrogen-bond acceptors (Lipinski definition) is 5. The molecule has 5 rings (SSSR count). The van der Waals surface area contributed by atoms with E-state index in [0.717, 1.165) is 52.8 Å². The van der Waals surface area contributed by atoms with E-state index >= 15 is 0 Å². The number of aromatic nitrogens is 3. The molecule has 7 heteroatoms. The van der Waals surface area contributed by atoms with Gasteiger partial charge in [0.15, 0.2) is 0 Å². The number of carbonyl (C=O) groups is 1. The Morgan fingerprint density at radius 2 is 2.00 bits per heavy atom. The maximum atomic E-state index is 13.0. The van der Waals surface area contributed by atoms with Crippen LogP contribution in [0.15, 0.2) is 54.3 Å². The van der Waals surface area contributed by atoms with E-state index < -0.39 is 0 Å². The minimum Gasteiger partial charge on any atom is -0.383 e. The maximum Gasteiger partial charge on any atom is 0.263 e. The van der Waals surface area contributed by atoms with E-state index in [4.69, 9.17) is 5.73 Å². The van der Waals surface area contributed by atoms with Crippen molar-refractivity contribution in [1.82, 2.24) is 19.9 Å². The van der Waals surface area contributed by atoms with Gasteiger partial charge in [-0.2, -0.15) is 0 Å². The van der Waals surface area contributed by atoms with Gasteiger partial charge in [0, 0.05) is 48.7 Å². The molecule has 3 N–H and O–H groups in total. The fraction of sp³-hybridized carbons (Fsp3) is 0.208. The number of hydrogen-bond donors (Lipinski definition) is 2. The third-order valence-corrected chi connectivity index (χ3v) is 6.74. The van der Waals surface area contributed by atoms with Crippen LogP contribution in [0.1, 0.15) is 45.3 Å². The van der Waals surface area contributed by atoms with Crippen LogP contribution in [0.5, 0.6) is 0 Å². The van der Waals surface area contributed by atoms with Gasteiger partial charge in [-0.05, 0) is 53.6 Å². The highest BCUT2D eigenvalue weighted by Gasteiger charge is 2.26. The number of amides is 1. The van der Waals surface area contributed by atoms with Gasteiger partial charge in [-0.15, -0.1) is 11.3 Å². The molecule has 0 radical (unpaired) electrons. The van der Waals surface area contributed by atoms with Crippen molar-refractivity contribution in [2.75, 3.05) is 18.8 Å². The Hall–Kier alpha value is -3.45. The lowest BCUT2D eigenvalue weighted by molar-refractivity contribution is 0.0717. The van der Waals surface area contributed by atoms with E-state index in [1.54, 1.807) is 12.4 Å². The fourth-order valence-electron chi connectivity index (χ4n) is 4.08. The van der Waals surface area contributed by atoms with Crippen LogP contribution in [0.4, 0.5) is 5.82 Å². The molecule has 4 aromatic heterocycles.